The number of carbonyl (C=O) groups excluding carboxylic acids is 3. The van der Waals surface area contributed by atoms with Crippen molar-refractivity contribution in [2.24, 2.45) is 0 Å². The molecular formula is C37H31BrN2O8S. The summed E-state index contributed by atoms with van der Waals surface area (Å²) >= 11 is 5.06. The molecule has 0 aliphatic carbocycles. The lowest BCUT2D eigenvalue weighted by Gasteiger charge is -2.29. The second-order valence-electron chi connectivity index (χ2n) is 11.5. The van der Waals surface area contributed by atoms with E-state index in [-0.39, 0.29) is 24.0 Å². The average Bonchev–Trinajstić information content (AvgIpc) is 3.61. The van der Waals surface area contributed by atoms with Gasteiger partial charge in [-0.1, -0.05) is 28.1 Å². The third-order valence-corrected chi connectivity index (χ3v) is 9.98. The van der Waals surface area contributed by atoms with Crippen molar-refractivity contribution >= 4 is 55.1 Å². The molecule has 0 bridgehead atoms. The molecule has 12 heteroatoms. The van der Waals surface area contributed by atoms with Gasteiger partial charge in [-0.05, 0) is 90.3 Å². The van der Waals surface area contributed by atoms with E-state index >= 15 is 0 Å². The van der Waals surface area contributed by atoms with Crippen LogP contribution in [0.3, 0.4) is 0 Å². The number of piperidine rings is 1. The summed E-state index contributed by atoms with van der Waals surface area (Å²) in [5.74, 6) is 1.93. The molecule has 0 saturated carbocycles. The number of halogens is 1. The van der Waals surface area contributed by atoms with E-state index in [0.29, 0.717) is 62.2 Å². The van der Waals surface area contributed by atoms with Gasteiger partial charge in [0.05, 0.1) is 18.1 Å². The lowest BCUT2D eigenvalue weighted by molar-refractivity contribution is -0.136. The molecule has 4 aromatic carbocycles. The van der Waals surface area contributed by atoms with Gasteiger partial charge < -0.3 is 29.0 Å². The van der Waals surface area contributed by atoms with Crippen LogP contribution >= 0.6 is 27.3 Å². The Balaban J connectivity index is 0.866. The fraction of sp³-hybridized carbons (Fsp3) is 0.216. The Bertz CT molecular complexity index is 2030. The maximum absolute atomic E-state index is 12.9. The number of hydrogen-bond acceptors (Lipinski definition) is 9. The number of phenols is 1. The van der Waals surface area contributed by atoms with Crippen molar-refractivity contribution in [2.45, 2.75) is 25.4 Å². The fourth-order valence-electron chi connectivity index (χ4n) is 5.86. The van der Waals surface area contributed by atoms with Crippen LogP contribution in [0.1, 0.15) is 28.8 Å². The summed E-state index contributed by atoms with van der Waals surface area (Å²) in [4.78, 5) is 39.1. The minimum absolute atomic E-state index is 0.208. The number of thiophene rings is 1. The van der Waals surface area contributed by atoms with E-state index < -0.39 is 11.9 Å². The van der Waals surface area contributed by atoms with Crippen LogP contribution in [0.4, 0.5) is 0 Å². The first-order chi connectivity index (χ1) is 23.8. The zero-order valence-corrected chi connectivity index (χ0v) is 28.6. The van der Waals surface area contributed by atoms with Crippen molar-refractivity contribution in [3.8, 4) is 39.2 Å². The van der Waals surface area contributed by atoms with Crippen LogP contribution in [-0.2, 0) is 20.9 Å². The molecule has 7 rings (SSSR count). The number of fused-ring (bicyclic) bond motifs is 2. The zero-order valence-electron chi connectivity index (χ0n) is 26.1. The minimum atomic E-state index is -0.649. The van der Waals surface area contributed by atoms with E-state index in [1.807, 2.05) is 60.7 Å². The molecule has 0 radical (unpaired) electrons. The number of aromatic hydroxyl groups is 1. The van der Waals surface area contributed by atoms with Gasteiger partial charge in [0.15, 0.2) is 5.75 Å². The van der Waals surface area contributed by atoms with E-state index in [1.165, 1.54) is 4.90 Å². The number of benzene rings is 4. The molecule has 3 amide bonds. The molecule has 2 aliphatic heterocycles. The molecule has 3 heterocycles. The van der Waals surface area contributed by atoms with Crippen molar-refractivity contribution in [2.75, 3.05) is 26.4 Å². The van der Waals surface area contributed by atoms with E-state index in [9.17, 15) is 19.5 Å². The Morgan fingerprint density at radius 3 is 2.31 bits per heavy atom. The van der Waals surface area contributed by atoms with Crippen molar-refractivity contribution in [3.63, 3.8) is 0 Å². The van der Waals surface area contributed by atoms with E-state index in [4.69, 9.17) is 18.9 Å². The lowest BCUT2D eigenvalue weighted by Crippen LogP contribution is -2.52. The number of ether oxygens (including phenoxy) is 4. The third kappa shape index (κ3) is 7.26. The summed E-state index contributed by atoms with van der Waals surface area (Å²) in [5, 5.41) is 13.3. The molecule has 10 nitrogen and oxygen atoms in total. The molecular weight excluding hydrogens is 712 g/mol. The van der Waals surface area contributed by atoms with Crippen molar-refractivity contribution in [3.05, 3.63) is 101 Å². The summed E-state index contributed by atoms with van der Waals surface area (Å²) in [6.45, 7) is 1.67. The van der Waals surface area contributed by atoms with E-state index in [2.05, 4.69) is 21.2 Å². The molecule has 1 fully saturated rings. The summed E-state index contributed by atoms with van der Waals surface area (Å²) in [5.41, 5.74) is 2.34. The topological polar surface area (TPSA) is 124 Å². The molecule has 1 unspecified atom stereocenters. The third-order valence-electron chi connectivity index (χ3n) is 8.27. The van der Waals surface area contributed by atoms with Gasteiger partial charge in [0.2, 0.25) is 11.8 Å². The summed E-state index contributed by atoms with van der Waals surface area (Å²) in [7, 11) is 0. The van der Waals surface area contributed by atoms with Crippen LogP contribution < -0.4 is 19.5 Å². The van der Waals surface area contributed by atoms with Crippen LogP contribution in [0.15, 0.2) is 89.4 Å². The van der Waals surface area contributed by atoms with Gasteiger partial charge in [-0.25, -0.2) is 0 Å². The van der Waals surface area contributed by atoms with Crippen molar-refractivity contribution in [1.82, 2.24) is 10.2 Å². The predicted octanol–water partition coefficient (Wildman–Crippen LogP) is 7.06. The largest absolute Gasteiger partial charge is 0.508 e. The molecule has 2 aliphatic rings. The fourth-order valence-corrected chi connectivity index (χ4v) is 7.29. The normalized spacial score (nSPS) is 15.7. The van der Waals surface area contributed by atoms with E-state index in [0.717, 1.165) is 36.3 Å². The lowest BCUT2D eigenvalue weighted by atomic mass is 10.0. The molecule has 1 saturated heterocycles. The molecule has 49 heavy (non-hydrogen) atoms. The molecule has 1 atom stereocenters. The first-order valence-corrected chi connectivity index (χ1v) is 17.3. The Kier molecular flexibility index (Phi) is 9.52. The summed E-state index contributed by atoms with van der Waals surface area (Å²) in [6.07, 6.45) is 0.539. The SMILES string of the molecule is O=C1CCC(N2Cc3cc(OCCOCCOc4ccc(Oc5c(-c6ccc(Br)cc6)sc6cc(O)ccc56)cc4)ccc3C2=O)C(=O)N1. The molecule has 5 aromatic rings. The Labute approximate surface area is 294 Å². The molecule has 2 N–H and O–H groups in total. The average molecular weight is 744 g/mol. The number of rotatable bonds is 12. The number of imide groups is 1. The van der Waals surface area contributed by atoms with Gasteiger partial charge >= 0.3 is 0 Å². The first kappa shape index (κ1) is 32.6. The number of hydrogen-bond donors (Lipinski definition) is 2. The summed E-state index contributed by atoms with van der Waals surface area (Å²) < 4.78 is 25.7. The number of amides is 3. The first-order valence-electron chi connectivity index (χ1n) is 15.7. The maximum Gasteiger partial charge on any atom is 0.255 e. The minimum Gasteiger partial charge on any atom is -0.508 e. The number of carbonyl (C=O) groups is 3. The quantitative estimate of drug-likeness (QED) is 0.103. The van der Waals surface area contributed by atoms with Gasteiger partial charge in [0.25, 0.3) is 5.91 Å². The Morgan fingerprint density at radius 2 is 1.55 bits per heavy atom. The number of phenolic OH excluding ortho intramolecular Hbond substituents is 1. The highest BCUT2D eigenvalue weighted by Gasteiger charge is 2.39. The highest BCUT2D eigenvalue weighted by Crippen LogP contribution is 2.47. The second kappa shape index (κ2) is 14.3. The van der Waals surface area contributed by atoms with Crippen molar-refractivity contribution < 1.29 is 38.4 Å². The highest BCUT2D eigenvalue weighted by molar-refractivity contribution is 9.10. The van der Waals surface area contributed by atoms with E-state index in [1.54, 1.807) is 35.6 Å². The molecule has 250 valence electrons. The summed E-state index contributed by atoms with van der Waals surface area (Å²) in [6, 6.07) is 25.3. The number of nitrogens with one attached hydrogen (secondary N) is 1. The Hall–Kier alpha value is -4.91. The highest BCUT2D eigenvalue weighted by atomic mass is 79.9. The zero-order chi connectivity index (χ0) is 33.9. The van der Waals surface area contributed by atoms with Crippen LogP contribution in [0.2, 0.25) is 0 Å². The monoisotopic (exact) mass is 742 g/mol. The van der Waals surface area contributed by atoms with Gasteiger partial charge in [-0.3, -0.25) is 19.7 Å². The smallest absolute Gasteiger partial charge is 0.255 e. The number of nitrogens with zero attached hydrogens (tertiary/aromatic N) is 1. The van der Waals surface area contributed by atoms with Crippen LogP contribution in [-0.4, -0.2) is 60.2 Å². The predicted molar refractivity (Wildman–Crippen MR) is 187 cm³/mol. The van der Waals surface area contributed by atoms with Gasteiger partial charge in [0.1, 0.15) is 42.3 Å². The van der Waals surface area contributed by atoms with Gasteiger partial charge in [0, 0.05) is 33.1 Å². The molecule has 0 spiro atoms. The van der Waals surface area contributed by atoms with Crippen LogP contribution in [0.25, 0.3) is 20.5 Å². The second-order valence-corrected chi connectivity index (χ2v) is 13.5. The molecule has 1 aromatic heterocycles. The van der Waals surface area contributed by atoms with Crippen LogP contribution in [0.5, 0.6) is 28.7 Å². The Morgan fingerprint density at radius 1 is 0.837 bits per heavy atom. The van der Waals surface area contributed by atoms with Crippen molar-refractivity contribution in [1.29, 1.82) is 0 Å². The standard InChI is InChI=1S/C37H31BrN2O8S/c38-24-3-1-22(2-4-24)35-34(30-11-5-25(41)20-32(30)49-35)48-27-8-6-26(7-9-27)46-17-15-45-16-18-47-28-10-12-29-23(19-28)21-40(37(29)44)31-13-14-33(42)39-36(31)43/h1-12,19-20,31,41H,13-18,21H2,(H,39,42,43). The maximum atomic E-state index is 12.9. The van der Waals surface area contributed by atoms with Gasteiger partial charge in [-0.2, -0.15) is 0 Å². The van der Waals surface area contributed by atoms with Crippen LogP contribution in [0, 0.1) is 0 Å². The van der Waals surface area contributed by atoms with Gasteiger partial charge in [-0.15, -0.1) is 11.3 Å².